The van der Waals surface area contributed by atoms with Crippen molar-refractivity contribution in [1.82, 2.24) is 18.9 Å². The molecule has 34 heavy (non-hydrogen) atoms. The number of halogens is 2. The lowest BCUT2D eigenvalue weighted by Crippen LogP contribution is -2.43. The van der Waals surface area contributed by atoms with Gasteiger partial charge in [0.15, 0.2) is 0 Å². The molecule has 0 saturated carbocycles. The fraction of sp³-hybridized carbons (Fsp3) is 0.286. The van der Waals surface area contributed by atoms with Crippen LogP contribution < -0.4 is 5.73 Å². The first-order valence-corrected chi connectivity index (χ1v) is 11.7. The van der Waals surface area contributed by atoms with E-state index in [4.69, 9.17) is 5.73 Å². The van der Waals surface area contributed by atoms with E-state index in [0.29, 0.717) is 17.6 Å². The third kappa shape index (κ3) is 4.13. The first-order chi connectivity index (χ1) is 16.0. The summed E-state index contributed by atoms with van der Waals surface area (Å²) >= 11 is 0. The van der Waals surface area contributed by atoms with Crippen LogP contribution in [0.25, 0.3) is 10.9 Å². The molecule has 1 saturated heterocycles. The second-order valence-corrected chi connectivity index (χ2v) is 9.81. The highest BCUT2D eigenvalue weighted by atomic mass is 32.2. The number of pyridine rings is 1. The number of fused-ring (bicyclic) bond motifs is 1. The number of benzene rings is 1. The molecule has 0 bridgehead atoms. The summed E-state index contributed by atoms with van der Waals surface area (Å²) in [4.78, 5) is 27.8. The minimum absolute atomic E-state index is 0.0749. The van der Waals surface area contributed by atoms with Gasteiger partial charge in [-0.15, -0.1) is 0 Å². The SMILES string of the molecule is CN(O)C(=O)c1cc2c(S(=O)(=O)N3CCC[C@H]3C(N)=O)cn(Cc3ccc(F)cc3F)c2cn1. The van der Waals surface area contributed by atoms with E-state index in [1.165, 1.54) is 29.1 Å². The summed E-state index contributed by atoms with van der Waals surface area (Å²) in [5.74, 6) is -3.23. The molecular weight excluding hydrogens is 472 g/mol. The van der Waals surface area contributed by atoms with E-state index < -0.39 is 39.5 Å². The molecule has 4 rings (SSSR count). The van der Waals surface area contributed by atoms with Gasteiger partial charge in [-0.25, -0.2) is 27.2 Å². The summed E-state index contributed by atoms with van der Waals surface area (Å²) < 4.78 is 57.2. The number of nitrogens with zero attached hydrogens (tertiary/aromatic N) is 4. The lowest BCUT2D eigenvalue weighted by molar-refractivity contribution is -0.121. The zero-order chi connectivity index (χ0) is 24.8. The largest absolute Gasteiger partial charge is 0.368 e. The molecule has 2 amide bonds. The molecular formula is C21H21F2N5O5S. The summed E-state index contributed by atoms with van der Waals surface area (Å²) in [6, 6.07) is 3.20. The Morgan fingerprint density at radius 1 is 1.29 bits per heavy atom. The lowest BCUT2D eigenvalue weighted by Gasteiger charge is -2.21. The molecule has 13 heteroatoms. The molecule has 10 nitrogen and oxygen atoms in total. The van der Waals surface area contributed by atoms with E-state index in [0.717, 1.165) is 17.4 Å². The number of aromatic nitrogens is 2. The number of hydrogen-bond acceptors (Lipinski definition) is 6. The van der Waals surface area contributed by atoms with E-state index in [9.17, 15) is 32.0 Å². The van der Waals surface area contributed by atoms with Crippen LogP contribution in [-0.4, -0.2) is 64.0 Å². The molecule has 180 valence electrons. The number of nitrogens with two attached hydrogens (primary N) is 1. The van der Waals surface area contributed by atoms with E-state index >= 15 is 0 Å². The summed E-state index contributed by atoms with van der Waals surface area (Å²) in [5, 5.41) is 9.87. The van der Waals surface area contributed by atoms with E-state index in [1.807, 2.05) is 0 Å². The maximum absolute atomic E-state index is 14.3. The van der Waals surface area contributed by atoms with E-state index in [2.05, 4.69) is 4.98 Å². The Balaban J connectivity index is 1.89. The molecule has 1 fully saturated rings. The van der Waals surface area contributed by atoms with Crippen molar-refractivity contribution < 1.29 is 32.0 Å². The first kappa shape index (κ1) is 23.7. The molecule has 1 aliphatic rings. The van der Waals surface area contributed by atoms with Gasteiger partial charge in [0.2, 0.25) is 15.9 Å². The summed E-state index contributed by atoms with van der Waals surface area (Å²) in [7, 11) is -3.17. The average molecular weight is 493 g/mol. The van der Waals surface area contributed by atoms with Crippen LogP contribution in [0.1, 0.15) is 28.9 Å². The number of rotatable bonds is 6. The van der Waals surface area contributed by atoms with Crippen molar-refractivity contribution in [3.8, 4) is 0 Å². The number of sulfonamides is 1. The van der Waals surface area contributed by atoms with Crippen molar-refractivity contribution in [2.75, 3.05) is 13.6 Å². The van der Waals surface area contributed by atoms with Gasteiger partial charge in [-0.3, -0.25) is 14.8 Å². The van der Waals surface area contributed by atoms with Crippen molar-refractivity contribution in [3.05, 3.63) is 59.6 Å². The number of carbonyl (C=O) groups is 2. The normalized spacial score (nSPS) is 16.8. The smallest absolute Gasteiger partial charge is 0.295 e. The Hall–Kier alpha value is -3.42. The zero-order valence-electron chi connectivity index (χ0n) is 18.0. The van der Waals surface area contributed by atoms with Gasteiger partial charge >= 0.3 is 0 Å². The van der Waals surface area contributed by atoms with Gasteiger partial charge in [0.25, 0.3) is 5.91 Å². The number of hydrogen-bond donors (Lipinski definition) is 2. The van der Waals surface area contributed by atoms with Crippen molar-refractivity contribution >= 4 is 32.7 Å². The Morgan fingerprint density at radius 2 is 2.03 bits per heavy atom. The van der Waals surface area contributed by atoms with Gasteiger partial charge in [0.05, 0.1) is 18.3 Å². The van der Waals surface area contributed by atoms with E-state index in [1.54, 1.807) is 0 Å². The van der Waals surface area contributed by atoms with Crippen LogP contribution in [0.2, 0.25) is 0 Å². The second kappa shape index (κ2) is 8.74. The first-order valence-electron chi connectivity index (χ1n) is 10.2. The third-order valence-electron chi connectivity index (χ3n) is 5.72. The van der Waals surface area contributed by atoms with Crippen LogP contribution in [0.4, 0.5) is 8.78 Å². The number of primary amides is 1. The van der Waals surface area contributed by atoms with Crippen LogP contribution in [-0.2, 0) is 21.4 Å². The molecule has 1 aliphatic heterocycles. The monoisotopic (exact) mass is 493 g/mol. The second-order valence-electron chi connectivity index (χ2n) is 7.95. The van der Waals surface area contributed by atoms with Crippen molar-refractivity contribution in [1.29, 1.82) is 0 Å². The maximum Gasteiger partial charge on any atom is 0.295 e. The van der Waals surface area contributed by atoms with Gasteiger partial charge in [0.1, 0.15) is 28.3 Å². The quantitative estimate of drug-likeness (QED) is 0.394. The Morgan fingerprint density at radius 3 is 2.68 bits per heavy atom. The van der Waals surface area contributed by atoms with E-state index in [-0.39, 0.29) is 46.6 Å². The minimum atomic E-state index is -4.27. The summed E-state index contributed by atoms with van der Waals surface area (Å²) in [5.41, 5.74) is 5.51. The number of amides is 2. The Kier molecular flexibility index (Phi) is 6.10. The molecule has 0 spiro atoms. The van der Waals surface area contributed by atoms with Crippen LogP contribution >= 0.6 is 0 Å². The molecule has 0 unspecified atom stereocenters. The summed E-state index contributed by atoms with van der Waals surface area (Å²) in [6.45, 7) is -0.0856. The van der Waals surface area contributed by atoms with Crippen LogP contribution in [0.5, 0.6) is 0 Å². The van der Waals surface area contributed by atoms with Crippen molar-refractivity contribution in [2.24, 2.45) is 5.73 Å². The molecule has 3 aromatic rings. The van der Waals surface area contributed by atoms with Crippen molar-refractivity contribution in [3.63, 3.8) is 0 Å². The van der Waals surface area contributed by atoms with Crippen LogP contribution in [0.3, 0.4) is 0 Å². The van der Waals surface area contributed by atoms with Crippen LogP contribution in [0, 0.1) is 11.6 Å². The topological polar surface area (TPSA) is 139 Å². The van der Waals surface area contributed by atoms with Crippen LogP contribution in [0.15, 0.2) is 41.6 Å². The molecule has 1 aromatic carbocycles. The molecule has 3 heterocycles. The maximum atomic E-state index is 14.3. The number of hydroxylamine groups is 2. The average Bonchev–Trinajstić information content (AvgIpc) is 3.41. The zero-order valence-corrected chi connectivity index (χ0v) is 18.8. The highest BCUT2D eigenvalue weighted by Gasteiger charge is 2.40. The highest BCUT2D eigenvalue weighted by Crippen LogP contribution is 2.33. The summed E-state index contributed by atoms with van der Waals surface area (Å²) in [6.07, 6.45) is 3.18. The van der Waals surface area contributed by atoms with Gasteiger partial charge < -0.3 is 10.3 Å². The molecule has 0 radical (unpaired) electrons. The highest BCUT2D eigenvalue weighted by molar-refractivity contribution is 7.89. The van der Waals surface area contributed by atoms with Gasteiger partial charge in [0, 0.05) is 36.8 Å². The fourth-order valence-electron chi connectivity index (χ4n) is 4.05. The molecule has 2 aromatic heterocycles. The minimum Gasteiger partial charge on any atom is -0.368 e. The van der Waals surface area contributed by atoms with Gasteiger partial charge in [-0.05, 0) is 25.0 Å². The Labute approximate surface area is 193 Å². The molecule has 3 N–H and O–H groups in total. The van der Waals surface area contributed by atoms with Crippen molar-refractivity contribution in [2.45, 2.75) is 30.3 Å². The fourth-order valence-corrected chi connectivity index (χ4v) is 5.91. The van der Waals surface area contributed by atoms with Gasteiger partial charge in [-0.1, -0.05) is 6.07 Å². The standard InChI is InChI=1S/C21H21F2N5O5S/c1-26(31)21(30)16-8-14-18(9-25-16)27(10-12-4-5-13(22)7-15(12)23)11-19(14)34(32,33)28-6-2-3-17(28)20(24)29/h4-5,7-9,11,17,31H,2-3,6,10H2,1H3,(H2,24,29)/t17-/m0/s1. The molecule has 1 atom stereocenters. The van der Waals surface area contributed by atoms with Gasteiger partial charge in [-0.2, -0.15) is 4.31 Å². The Bertz CT molecular complexity index is 1410. The lowest BCUT2D eigenvalue weighted by atomic mass is 10.2. The predicted molar refractivity (Wildman–Crippen MR) is 115 cm³/mol. The predicted octanol–water partition coefficient (Wildman–Crippen LogP) is 1.46. The number of carbonyl (C=O) groups excluding carboxylic acids is 2. The third-order valence-corrected chi connectivity index (χ3v) is 7.65. The molecule has 0 aliphatic carbocycles.